The van der Waals surface area contributed by atoms with Crippen molar-refractivity contribution >= 4 is 10.1 Å². The number of benzene rings is 1. The Balaban J connectivity index is 1.96. The second-order valence-electron chi connectivity index (χ2n) is 7.34. The summed E-state index contributed by atoms with van der Waals surface area (Å²) in [4.78, 5) is 0.244. The van der Waals surface area contributed by atoms with Crippen molar-refractivity contribution in [3.05, 3.63) is 29.8 Å². The van der Waals surface area contributed by atoms with Crippen molar-refractivity contribution in [3.63, 3.8) is 0 Å². The molecule has 0 bridgehead atoms. The van der Waals surface area contributed by atoms with Gasteiger partial charge < -0.3 is 0 Å². The fourth-order valence-corrected chi connectivity index (χ4v) is 4.69. The third-order valence-electron chi connectivity index (χ3n) is 5.15. The van der Waals surface area contributed by atoms with Gasteiger partial charge in [0.1, 0.15) is 0 Å². The van der Waals surface area contributed by atoms with Gasteiger partial charge in [0, 0.05) is 0 Å². The molecular formula is C18H28O3S. The smallest absolute Gasteiger partial charge is 0.266 e. The van der Waals surface area contributed by atoms with Crippen LogP contribution in [-0.2, 0) is 14.3 Å². The Hall–Kier alpha value is -0.870. The molecule has 124 valence electrons. The van der Waals surface area contributed by atoms with E-state index in [0.717, 1.165) is 12.0 Å². The molecule has 1 saturated carbocycles. The van der Waals surface area contributed by atoms with Crippen LogP contribution in [0.1, 0.15) is 52.0 Å². The average molecular weight is 324 g/mol. The first-order valence-electron chi connectivity index (χ1n) is 8.18. The van der Waals surface area contributed by atoms with Crippen molar-refractivity contribution in [1.29, 1.82) is 0 Å². The summed E-state index contributed by atoms with van der Waals surface area (Å²) in [6.07, 6.45) is 4.53. The summed E-state index contributed by atoms with van der Waals surface area (Å²) in [5.41, 5.74) is 1.31. The van der Waals surface area contributed by atoms with E-state index in [2.05, 4.69) is 20.8 Å². The summed E-state index contributed by atoms with van der Waals surface area (Å²) in [6.45, 7) is 9.07. The normalized spacial score (nSPS) is 25.1. The standard InChI is InChI=1S/C18H28O3S/c1-14-7-9-16(10-8-14)22(19,20)21-13-11-17-15(2)6-5-12-18(17,3)4/h7-10,15,17H,5-6,11-13H2,1-4H3/t15?,17-/m0/s1. The minimum atomic E-state index is -3.63. The Morgan fingerprint density at radius 2 is 1.86 bits per heavy atom. The topological polar surface area (TPSA) is 43.4 Å². The van der Waals surface area contributed by atoms with Crippen LogP contribution in [0.15, 0.2) is 29.2 Å². The van der Waals surface area contributed by atoms with Gasteiger partial charge in [-0.05, 0) is 49.1 Å². The molecule has 4 heteroatoms. The highest BCUT2D eigenvalue weighted by atomic mass is 32.2. The Bertz CT molecular complexity index is 587. The molecule has 0 aliphatic heterocycles. The van der Waals surface area contributed by atoms with E-state index >= 15 is 0 Å². The lowest BCUT2D eigenvalue weighted by molar-refractivity contribution is 0.0641. The quantitative estimate of drug-likeness (QED) is 0.746. The van der Waals surface area contributed by atoms with Crippen molar-refractivity contribution in [2.24, 2.45) is 17.3 Å². The zero-order chi connectivity index (χ0) is 16.4. The molecule has 1 unspecified atom stereocenters. The minimum Gasteiger partial charge on any atom is -0.266 e. The zero-order valence-electron chi connectivity index (χ0n) is 14.1. The fraction of sp³-hybridized carbons (Fsp3) is 0.667. The van der Waals surface area contributed by atoms with Crippen molar-refractivity contribution in [3.8, 4) is 0 Å². The van der Waals surface area contributed by atoms with Crippen LogP contribution in [-0.4, -0.2) is 15.0 Å². The van der Waals surface area contributed by atoms with Crippen LogP contribution in [0.5, 0.6) is 0 Å². The highest BCUT2D eigenvalue weighted by Gasteiger charge is 2.36. The Kier molecular flexibility index (Phi) is 5.33. The molecule has 1 fully saturated rings. The molecule has 0 spiro atoms. The number of rotatable bonds is 5. The highest BCUT2D eigenvalue weighted by molar-refractivity contribution is 7.86. The lowest BCUT2D eigenvalue weighted by Gasteiger charge is -2.43. The van der Waals surface area contributed by atoms with Crippen LogP contribution in [0.4, 0.5) is 0 Å². The van der Waals surface area contributed by atoms with Gasteiger partial charge in [-0.2, -0.15) is 8.42 Å². The van der Waals surface area contributed by atoms with Gasteiger partial charge in [0.2, 0.25) is 0 Å². The van der Waals surface area contributed by atoms with Crippen LogP contribution in [0.3, 0.4) is 0 Å². The van der Waals surface area contributed by atoms with Crippen LogP contribution in [0.2, 0.25) is 0 Å². The van der Waals surface area contributed by atoms with E-state index in [1.165, 1.54) is 19.3 Å². The predicted octanol–water partition coefficient (Wildman–Crippen LogP) is 4.55. The van der Waals surface area contributed by atoms with Gasteiger partial charge in [-0.3, -0.25) is 4.18 Å². The summed E-state index contributed by atoms with van der Waals surface area (Å²) in [5, 5.41) is 0. The molecule has 0 N–H and O–H groups in total. The average Bonchev–Trinajstić information content (AvgIpc) is 2.42. The molecule has 0 saturated heterocycles. The summed E-state index contributed by atoms with van der Waals surface area (Å²) >= 11 is 0. The molecular weight excluding hydrogens is 296 g/mol. The minimum absolute atomic E-state index is 0.244. The maximum Gasteiger partial charge on any atom is 0.296 e. The van der Waals surface area contributed by atoms with E-state index in [-0.39, 0.29) is 16.9 Å². The number of hydrogen-bond donors (Lipinski definition) is 0. The van der Waals surface area contributed by atoms with Crippen LogP contribution in [0.25, 0.3) is 0 Å². The molecule has 22 heavy (non-hydrogen) atoms. The van der Waals surface area contributed by atoms with Gasteiger partial charge in [-0.15, -0.1) is 0 Å². The predicted molar refractivity (Wildman–Crippen MR) is 89.2 cm³/mol. The zero-order valence-corrected chi connectivity index (χ0v) is 14.9. The maximum atomic E-state index is 12.2. The van der Waals surface area contributed by atoms with Gasteiger partial charge in [-0.1, -0.05) is 51.3 Å². The SMILES string of the molecule is Cc1ccc(S(=O)(=O)OCC[C@H]2C(C)CCCC2(C)C)cc1. The van der Waals surface area contributed by atoms with E-state index in [1.807, 2.05) is 6.92 Å². The van der Waals surface area contributed by atoms with E-state index in [1.54, 1.807) is 24.3 Å². The van der Waals surface area contributed by atoms with E-state index in [0.29, 0.717) is 11.8 Å². The molecule has 1 aromatic carbocycles. The van der Waals surface area contributed by atoms with Crippen molar-refractivity contribution in [2.45, 2.75) is 58.3 Å². The third kappa shape index (κ3) is 4.11. The fourth-order valence-electron chi connectivity index (χ4n) is 3.77. The molecule has 1 aliphatic rings. The van der Waals surface area contributed by atoms with Crippen molar-refractivity contribution in [2.75, 3.05) is 6.61 Å². The lowest BCUT2D eigenvalue weighted by atomic mass is 9.63. The molecule has 0 heterocycles. The van der Waals surface area contributed by atoms with Crippen LogP contribution in [0, 0.1) is 24.2 Å². The first kappa shape index (κ1) is 17.5. The third-order valence-corrected chi connectivity index (χ3v) is 6.47. The first-order valence-corrected chi connectivity index (χ1v) is 9.59. The van der Waals surface area contributed by atoms with Crippen molar-refractivity contribution in [1.82, 2.24) is 0 Å². The molecule has 0 amide bonds. The molecule has 0 aromatic heterocycles. The Morgan fingerprint density at radius 1 is 1.23 bits per heavy atom. The molecule has 0 radical (unpaired) electrons. The molecule has 2 rings (SSSR count). The van der Waals surface area contributed by atoms with E-state index in [4.69, 9.17) is 4.18 Å². The second kappa shape index (κ2) is 6.71. The Labute approximate surface area is 135 Å². The number of hydrogen-bond acceptors (Lipinski definition) is 3. The van der Waals surface area contributed by atoms with Crippen LogP contribution < -0.4 is 0 Å². The molecule has 2 atom stereocenters. The van der Waals surface area contributed by atoms with Crippen molar-refractivity contribution < 1.29 is 12.6 Å². The van der Waals surface area contributed by atoms with Crippen LogP contribution >= 0.6 is 0 Å². The monoisotopic (exact) mass is 324 g/mol. The summed E-state index contributed by atoms with van der Waals surface area (Å²) in [7, 11) is -3.63. The number of aryl methyl sites for hydroxylation is 1. The Morgan fingerprint density at radius 3 is 2.45 bits per heavy atom. The van der Waals surface area contributed by atoms with Gasteiger partial charge in [0.05, 0.1) is 11.5 Å². The maximum absolute atomic E-state index is 12.2. The van der Waals surface area contributed by atoms with E-state index in [9.17, 15) is 8.42 Å². The van der Waals surface area contributed by atoms with Gasteiger partial charge >= 0.3 is 0 Å². The largest absolute Gasteiger partial charge is 0.296 e. The van der Waals surface area contributed by atoms with E-state index < -0.39 is 10.1 Å². The summed E-state index contributed by atoms with van der Waals surface area (Å²) < 4.78 is 29.7. The van der Waals surface area contributed by atoms with Gasteiger partial charge in [-0.25, -0.2) is 0 Å². The van der Waals surface area contributed by atoms with Gasteiger partial charge in [0.15, 0.2) is 0 Å². The second-order valence-corrected chi connectivity index (χ2v) is 8.96. The molecule has 1 aliphatic carbocycles. The molecule has 3 nitrogen and oxygen atoms in total. The highest BCUT2D eigenvalue weighted by Crippen LogP contribution is 2.45. The van der Waals surface area contributed by atoms with Gasteiger partial charge in [0.25, 0.3) is 10.1 Å². The first-order chi connectivity index (χ1) is 10.2. The lowest BCUT2D eigenvalue weighted by Crippen LogP contribution is -2.34. The molecule has 1 aromatic rings. The summed E-state index contributed by atoms with van der Waals surface area (Å²) in [5.74, 6) is 1.16. The summed E-state index contributed by atoms with van der Waals surface area (Å²) in [6, 6.07) is 6.81.